The molecule has 7 atom stereocenters. The van der Waals surface area contributed by atoms with Crippen molar-refractivity contribution in [3.63, 3.8) is 0 Å². The standard InChI is InChI=1S/C38H44O10/c1-23-17-18-37(5,6)32(42)20-31(46-35(43)27-13-9-7-10-14-27)29(22-39)19-30-33(47-36(44)28-15-11-8-12-16-28)24(2)21-38(30,48-26(4)41)34(23)45-25(3)40/h7-19,23-24,30-31,33-34,39H,20-22H2,1-6H3/b18-17+,29-19?/t23-,24-,30+,31-,33+,34-,38-/m1/s1. The van der Waals surface area contributed by atoms with Crippen LogP contribution >= 0.6 is 0 Å². The van der Waals surface area contributed by atoms with E-state index in [-0.39, 0.29) is 29.8 Å². The fraction of sp³-hybridized carbons (Fsp3) is 0.447. The second-order valence-electron chi connectivity index (χ2n) is 13.2. The second kappa shape index (κ2) is 15.1. The number of aliphatic hydroxyl groups is 1. The van der Waals surface area contributed by atoms with Crippen molar-refractivity contribution in [1.29, 1.82) is 0 Å². The first-order valence-corrected chi connectivity index (χ1v) is 16.1. The summed E-state index contributed by atoms with van der Waals surface area (Å²) >= 11 is 0. The van der Waals surface area contributed by atoms with Gasteiger partial charge in [0.05, 0.1) is 23.7 Å². The molecule has 0 bridgehead atoms. The van der Waals surface area contributed by atoms with E-state index in [9.17, 15) is 29.1 Å². The van der Waals surface area contributed by atoms with Crippen LogP contribution in [0.15, 0.2) is 84.5 Å². The third kappa shape index (κ3) is 8.10. The predicted octanol–water partition coefficient (Wildman–Crippen LogP) is 5.44. The number of allylic oxidation sites excluding steroid dienone is 1. The van der Waals surface area contributed by atoms with Crippen molar-refractivity contribution in [2.75, 3.05) is 6.61 Å². The molecule has 256 valence electrons. The van der Waals surface area contributed by atoms with Crippen LogP contribution in [0.1, 0.15) is 75.1 Å². The highest BCUT2D eigenvalue weighted by atomic mass is 16.6. The highest BCUT2D eigenvalue weighted by Gasteiger charge is 2.62. The van der Waals surface area contributed by atoms with E-state index in [1.54, 1.807) is 99.7 Å². The zero-order chi connectivity index (χ0) is 35.2. The molecule has 10 heteroatoms. The maximum Gasteiger partial charge on any atom is 0.338 e. The Morgan fingerprint density at radius 2 is 1.40 bits per heavy atom. The molecule has 2 aromatic carbocycles. The SMILES string of the molecule is CC(=O)O[C@@H]1[C@H](C)/C=C/C(C)(C)C(=O)C[C@@H](OC(=O)c2ccccc2)C(CO)=C[C@H]2[C@@H](OC(=O)c3ccccc3)[C@H](C)C[C@]12OC(C)=O. The Bertz CT molecular complexity index is 1560. The number of Topliss-reactive ketones (excluding diaryl/α,β-unsaturated/α-hetero) is 1. The van der Waals surface area contributed by atoms with Gasteiger partial charge in [0.2, 0.25) is 0 Å². The lowest BCUT2D eigenvalue weighted by molar-refractivity contribution is -0.195. The van der Waals surface area contributed by atoms with Gasteiger partial charge in [-0.15, -0.1) is 0 Å². The van der Waals surface area contributed by atoms with Gasteiger partial charge in [-0.2, -0.15) is 0 Å². The van der Waals surface area contributed by atoms with Gasteiger partial charge >= 0.3 is 23.9 Å². The lowest BCUT2D eigenvalue weighted by Gasteiger charge is -2.43. The average molecular weight is 661 g/mol. The van der Waals surface area contributed by atoms with Crippen molar-refractivity contribution >= 4 is 29.7 Å². The van der Waals surface area contributed by atoms with Crippen LogP contribution < -0.4 is 0 Å². The molecule has 0 unspecified atom stereocenters. The lowest BCUT2D eigenvalue weighted by Crippen LogP contribution is -2.55. The molecule has 0 aromatic heterocycles. The van der Waals surface area contributed by atoms with E-state index in [1.165, 1.54) is 13.8 Å². The Morgan fingerprint density at radius 1 is 0.833 bits per heavy atom. The molecule has 0 saturated heterocycles. The van der Waals surface area contributed by atoms with Gasteiger partial charge in [0, 0.05) is 31.6 Å². The molecule has 0 heterocycles. The number of hydrogen-bond acceptors (Lipinski definition) is 10. The van der Waals surface area contributed by atoms with Crippen LogP contribution in [0, 0.1) is 23.2 Å². The fourth-order valence-corrected chi connectivity index (χ4v) is 6.68. The van der Waals surface area contributed by atoms with Gasteiger partial charge in [-0.05, 0) is 56.0 Å². The number of ether oxygens (including phenoxy) is 4. The summed E-state index contributed by atoms with van der Waals surface area (Å²) < 4.78 is 24.2. The van der Waals surface area contributed by atoms with Crippen LogP contribution in [0.3, 0.4) is 0 Å². The Balaban J connectivity index is 1.96. The maximum atomic E-state index is 13.8. The normalized spacial score (nSPS) is 29.1. The topological polar surface area (TPSA) is 143 Å². The summed E-state index contributed by atoms with van der Waals surface area (Å²) in [7, 11) is 0. The molecule has 2 aromatic rings. The van der Waals surface area contributed by atoms with Crippen molar-refractivity contribution in [2.24, 2.45) is 23.2 Å². The van der Waals surface area contributed by atoms with Gasteiger partial charge in [-0.1, -0.05) is 68.5 Å². The highest BCUT2D eigenvalue weighted by molar-refractivity contribution is 5.91. The van der Waals surface area contributed by atoms with Gasteiger partial charge < -0.3 is 24.1 Å². The van der Waals surface area contributed by atoms with Crippen molar-refractivity contribution in [2.45, 2.75) is 78.3 Å². The number of rotatable bonds is 7. The molecule has 4 rings (SSSR count). The van der Waals surface area contributed by atoms with Gasteiger partial charge in [0.1, 0.15) is 24.1 Å². The summed E-state index contributed by atoms with van der Waals surface area (Å²) in [5.74, 6) is -4.95. The monoisotopic (exact) mass is 660 g/mol. The van der Waals surface area contributed by atoms with Crippen molar-refractivity contribution in [1.82, 2.24) is 0 Å². The second-order valence-corrected chi connectivity index (χ2v) is 13.2. The van der Waals surface area contributed by atoms with E-state index in [0.29, 0.717) is 5.56 Å². The van der Waals surface area contributed by atoms with Crippen LogP contribution in [0.5, 0.6) is 0 Å². The largest absolute Gasteiger partial charge is 0.458 e. The molecule has 0 spiro atoms. The number of ketones is 1. The molecule has 10 nitrogen and oxygen atoms in total. The molecular formula is C38H44O10. The molecule has 48 heavy (non-hydrogen) atoms. The molecule has 0 amide bonds. The van der Waals surface area contributed by atoms with Crippen molar-refractivity contribution in [3.8, 4) is 0 Å². The van der Waals surface area contributed by atoms with E-state index in [2.05, 4.69) is 0 Å². The number of carbonyl (C=O) groups excluding carboxylic acids is 5. The highest BCUT2D eigenvalue weighted by Crippen LogP contribution is 2.51. The van der Waals surface area contributed by atoms with Crippen LogP contribution in [0.25, 0.3) is 0 Å². The first kappa shape index (κ1) is 36.3. The lowest BCUT2D eigenvalue weighted by atomic mass is 9.75. The minimum atomic E-state index is -1.59. The fourth-order valence-electron chi connectivity index (χ4n) is 6.68. The first-order chi connectivity index (χ1) is 22.7. The number of hydrogen-bond donors (Lipinski definition) is 1. The van der Waals surface area contributed by atoms with Gasteiger partial charge in [-0.3, -0.25) is 14.4 Å². The van der Waals surface area contributed by atoms with E-state index >= 15 is 0 Å². The van der Waals surface area contributed by atoms with E-state index in [0.717, 1.165) is 0 Å². The maximum absolute atomic E-state index is 13.8. The summed E-state index contributed by atoms with van der Waals surface area (Å²) in [5, 5.41) is 10.8. The Hall–Kier alpha value is -4.57. The number of esters is 4. The molecule has 2 aliphatic carbocycles. The van der Waals surface area contributed by atoms with Gasteiger partial charge in [0.25, 0.3) is 0 Å². The zero-order valence-electron chi connectivity index (χ0n) is 28.2. The Morgan fingerprint density at radius 3 is 1.92 bits per heavy atom. The quantitative estimate of drug-likeness (QED) is 0.232. The van der Waals surface area contributed by atoms with E-state index in [1.807, 2.05) is 6.92 Å². The summed E-state index contributed by atoms with van der Waals surface area (Å²) in [6.07, 6.45) is 1.55. The third-order valence-electron chi connectivity index (χ3n) is 9.11. The van der Waals surface area contributed by atoms with Crippen LogP contribution in [-0.4, -0.2) is 65.3 Å². The Kier molecular flexibility index (Phi) is 11.4. The molecule has 0 aliphatic heterocycles. The third-order valence-corrected chi connectivity index (χ3v) is 9.11. The Labute approximate surface area is 281 Å². The van der Waals surface area contributed by atoms with Crippen molar-refractivity contribution in [3.05, 3.63) is 95.6 Å². The van der Waals surface area contributed by atoms with E-state index < -0.39 is 77.6 Å². The molecular weight excluding hydrogens is 616 g/mol. The van der Waals surface area contributed by atoms with Crippen LogP contribution in [0.2, 0.25) is 0 Å². The van der Waals surface area contributed by atoms with Crippen LogP contribution in [-0.2, 0) is 33.3 Å². The number of carbonyl (C=O) groups is 5. The van der Waals surface area contributed by atoms with E-state index in [4.69, 9.17) is 18.9 Å². The minimum Gasteiger partial charge on any atom is -0.458 e. The van der Waals surface area contributed by atoms with Crippen LogP contribution in [0.4, 0.5) is 0 Å². The number of aliphatic hydroxyl groups excluding tert-OH is 1. The molecule has 1 saturated carbocycles. The van der Waals surface area contributed by atoms with Crippen molar-refractivity contribution < 1.29 is 48.0 Å². The molecule has 1 fully saturated rings. The number of fused-ring (bicyclic) bond motifs is 1. The number of benzene rings is 2. The molecule has 1 N–H and O–H groups in total. The molecule has 0 radical (unpaired) electrons. The summed E-state index contributed by atoms with van der Waals surface area (Å²) in [5.41, 5.74) is -1.97. The minimum absolute atomic E-state index is 0.117. The summed E-state index contributed by atoms with van der Waals surface area (Å²) in [6.45, 7) is 8.88. The smallest absolute Gasteiger partial charge is 0.338 e. The average Bonchev–Trinajstić information content (AvgIpc) is 3.30. The summed E-state index contributed by atoms with van der Waals surface area (Å²) in [6, 6.07) is 16.6. The van der Waals surface area contributed by atoms with Gasteiger partial charge in [0.15, 0.2) is 5.60 Å². The first-order valence-electron chi connectivity index (χ1n) is 16.1. The zero-order valence-corrected chi connectivity index (χ0v) is 28.2. The summed E-state index contributed by atoms with van der Waals surface area (Å²) in [4.78, 5) is 66.1. The molecule has 2 aliphatic rings. The predicted molar refractivity (Wildman–Crippen MR) is 175 cm³/mol. The van der Waals surface area contributed by atoms with Gasteiger partial charge in [-0.25, -0.2) is 9.59 Å².